The lowest BCUT2D eigenvalue weighted by Crippen LogP contribution is -2.42. The normalized spacial score (nSPS) is 14.3. The molecule has 1 aromatic heterocycles. The van der Waals surface area contributed by atoms with Gasteiger partial charge in [0.2, 0.25) is 0 Å². The SMILES string of the molecule is COc1ccc(CN2CCNCC2)c2ccn(S(=O)(=O)c3ccccc3)c12.O=C(O)C(F)(F)F.O=C(O)C(F)(F)F. The monoisotopic (exact) mass is 613 g/mol. The molecule has 2 heterocycles. The van der Waals surface area contributed by atoms with E-state index in [4.69, 9.17) is 24.5 Å². The number of methoxy groups -OCH3 is 1. The largest absolute Gasteiger partial charge is 0.495 e. The van der Waals surface area contributed by atoms with Gasteiger partial charge < -0.3 is 20.3 Å². The number of aromatic nitrogens is 1. The fourth-order valence-corrected chi connectivity index (χ4v) is 4.96. The van der Waals surface area contributed by atoms with Crippen LogP contribution in [0.1, 0.15) is 5.56 Å². The van der Waals surface area contributed by atoms with Crippen molar-refractivity contribution in [2.75, 3.05) is 33.3 Å². The van der Waals surface area contributed by atoms with Crippen LogP contribution in [0.25, 0.3) is 10.9 Å². The Bertz CT molecular complexity index is 1410. The number of carboxylic acids is 2. The summed E-state index contributed by atoms with van der Waals surface area (Å²) in [6, 6.07) is 14.2. The molecule has 1 saturated heterocycles. The maximum atomic E-state index is 13.2. The highest BCUT2D eigenvalue weighted by Crippen LogP contribution is 2.33. The number of aliphatic carboxylic acids is 2. The van der Waals surface area contributed by atoms with E-state index in [1.54, 1.807) is 43.6 Å². The smallest absolute Gasteiger partial charge is 0.490 e. The average molecular weight is 614 g/mol. The van der Waals surface area contributed by atoms with E-state index in [2.05, 4.69) is 10.2 Å². The average Bonchev–Trinajstić information content (AvgIpc) is 3.36. The number of fused-ring (bicyclic) bond motifs is 1. The summed E-state index contributed by atoms with van der Waals surface area (Å²) in [6.45, 7) is 4.70. The van der Waals surface area contributed by atoms with Crippen molar-refractivity contribution in [1.82, 2.24) is 14.2 Å². The molecule has 0 spiro atoms. The van der Waals surface area contributed by atoms with Crippen molar-refractivity contribution >= 4 is 32.9 Å². The maximum Gasteiger partial charge on any atom is 0.490 e. The summed E-state index contributed by atoms with van der Waals surface area (Å²) < 4.78 is 96.6. The van der Waals surface area contributed by atoms with Gasteiger partial charge in [-0.05, 0) is 29.8 Å². The van der Waals surface area contributed by atoms with Gasteiger partial charge in [-0.1, -0.05) is 24.3 Å². The molecule has 3 N–H and O–H groups in total. The number of benzene rings is 2. The molecule has 1 aliphatic heterocycles. The minimum absolute atomic E-state index is 0.261. The lowest BCUT2D eigenvalue weighted by molar-refractivity contribution is -0.193. The number of ether oxygens (including phenoxy) is 1. The first-order chi connectivity index (χ1) is 19.0. The fraction of sp³-hybridized carbons (Fsp3) is 0.333. The van der Waals surface area contributed by atoms with Crippen LogP contribution in [0.4, 0.5) is 26.3 Å². The first-order valence-corrected chi connectivity index (χ1v) is 12.9. The van der Waals surface area contributed by atoms with Gasteiger partial charge >= 0.3 is 24.3 Å². The summed E-state index contributed by atoms with van der Waals surface area (Å²) in [5.41, 5.74) is 1.70. The second-order valence-corrected chi connectivity index (χ2v) is 10.1. The predicted molar refractivity (Wildman–Crippen MR) is 133 cm³/mol. The van der Waals surface area contributed by atoms with Gasteiger partial charge in [-0.2, -0.15) is 26.3 Å². The molecule has 17 heteroatoms. The molecular formula is C24H25F6N3O7S. The van der Waals surface area contributed by atoms with E-state index in [1.165, 1.54) is 3.97 Å². The van der Waals surface area contributed by atoms with Crippen molar-refractivity contribution in [3.05, 3.63) is 60.3 Å². The number of nitrogens with zero attached hydrogens (tertiary/aromatic N) is 2. The zero-order valence-electron chi connectivity index (χ0n) is 21.2. The van der Waals surface area contributed by atoms with Crippen LogP contribution in [-0.2, 0) is 26.2 Å². The van der Waals surface area contributed by atoms with Crippen molar-refractivity contribution in [3.63, 3.8) is 0 Å². The van der Waals surface area contributed by atoms with E-state index < -0.39 is 34.3 Å². The number of carboxylic acid groups (broad SMARTS) is 2. The molecular weight excluding hydrogens is 588 g/mol. The molecule has 0 radical (unpaired) electrons. The highest BCUT2D eigenvalue weighted by Gasteiger charge is 2.38. The van der Waals surface area contributed by atoms with Crippen molar-refractivity contribution in [3.8, 4) is 5.75 Å². The van der Waals surface area contributed by atoms with Crippen LogP contribution in [0.3, 0.4) is 0 Å². The minimum atomic E-state index is -5.08. The number of alkyl halides is 6. The second-order valence-electron chi connectivity index (χ2n) is 8.25. The van der Waals surface area contributed by atoms with Gasteiger partial charge in [-0.3, -0.25) is 4.90 Å². The van der Waals surface area contributed by atoms with E-state index in [0.717, 1.165) is 43.7 Å². The molecule has 4 rings (SSSR count). The molecule has 0 amide bonds. The highest BCUT2D eigenvalue weighted by molar-refractivity contribution is 7.90. The highest BCUT2D eigenvalue weighted by atomic mass is 32.2. The molecule has 0 bridgehead atoms. The number of carbonyl (C=O) groups is 2. The molecule has 41 heavy (non-hydrogen) atoms. The number of hydrogen-bond donors (Lipinski definition) is 3. The van der Waals surface area contributed by atoms with Gasteiger partial charge in [0.1, 0.15) is 11.3 Å². The number of halogens is 6. The van der Waals surface area contributed by atoms with Crippen molar-refractivity contribution in [2.24, 2.45) is 0 Å². The summed E-state index contributed by atoms with van der Waals surface area (Å²) in [5, 5.41) is 18.5. The molecule has 1 fully saturated rings. The van der Waals surface area contributed by atoms with Gasteiger partial charge in [-0.25, -0.2) is 22.0 Å². The van der Waals surface area contributed by atoms with Crippen LogP contribution >= 0.6 is 0 Å². The van der Waals surface area contributed by atoms with Gasteiger partial charge in [0.15, 0.2) is 0 Å². The maximum absolute atomic E-state index is 13.2. The van der Waals surface area contributed by atoms with Gasteiger partial charge in [0.25, 0.3) is 10.0 Å². The third-order valence-electron chi connectivity index (χ3n) is 5.48. The topological polar surface area (TPSA) is 138 Å². The summed E-state index contributed by atoms with van der Waals surface area (Å²) in [6.07, 6.45) is -8.54. The Balaban J connectivity index is 0.000000349. The van der Waals surface area contributed by atoms with E-state index in [-0.39, 0.29) is 4.90 Å². The third kappa shape index (κ3) is 9.09. The molecule has 2 aromatic carbocycles. The first kappa shape index (κ1) is 33.4. The number of nitrogens with one attached hydrogen (secondary N) is 1. The number of hydrogen-bond acceptors (Lipinski definition) is 7. The molecule has 1 aliphatic rings. The van der Waals surface area contributed by atoms with Crippen LogP contribution in [0.15, 0.2) is 59.6 Å². The molecule has 0 atom stereocenters. The van der Waals surface area contributed by atoms with Crippen molar-refractivity contribution in [2.45, 2.75) is 23.8 Å². The number of rotatable bonds is 5. The lowest BCUT2D eigenvalue weighted by Gasteiger charge is -2.27. The Morgan fingerprint density at radius 2 is 1.41 bits per heavy atom. The zero-order chi connectivity index (χ0) is 31.0. The Labute approximate surface area is 229 Å². The summed E-state index contributed by atoms with van der Waals surface area (Å²) in [4.78, 5) is 20.4. The standard InChI is InChI=1S/C20H23N3O3S.2C2HF3O2/c1-26-19-8-7-16(15-22-13-10-21-11-14-22)18-9-12-23(20(18)19)27(24,25)17-5-3-2-4-6-17;2*3-2(4,5)1(6)7/h2-9,12,21H,10-11,13-15H2,1H3;2*(H,6,7). The van der Waals surface area contributed by atoms with Crippen LogP contribution in [0.5, 0.6) is 5.75 Å². The Morgan fingerprint density at radius 3 is 1.88 bits per heavy atom. The Hall–Kier alpha value is -3.83. The predicted octanol–water partition coefficient (Wildman–Crippen LogP) is 3.56. The van der Waals surface area contributed by atoms with E-state index in [9.17, 15) is 34.8 Å². The Kier molecular flexibility index (Phi) is 11.1. The fourth-order valence-electron chi connectivity index (χ4n) is 3.58. The quantitative estimate of drug-likeness (QED) is 0.369. The summed E-state index contributed by atoms with van der Waals surface area (Å²) in [5.74, 6) is -4.96. The molecule has 3 aromatic rings. The third-order valence-corrected chi connectivity index (χ3v) is 7.17. The van der Waals surface area contributed by atoms with Crippen molar-refractivity contribution in [1.29, 1.82) is 0 Å². The molecule has 0 aliphatic carbocycles. The van der Waals surface area contributed by atoms with Gasteiger partial charge in [0.05, 0.1) is 12.0 Å². The Morgan fingerprint density at radius 1 is 0.902 bits per heavy atom. The first-order valence-electron chi connectivity index (χ1n) is 11.5. The van der Waals surface area contributed by atoms with E-state index in [1.807, 2.05) is 18.2 Å². The summed E-state index contributed by atoms with van der Waals surface area (Å²) in [7, 11) is -2.12. The molecule has 0 saturated carbocycles. The van der Waals surface area contributed by atoms with Crippen LogP contribution in [0, 0.1) is 0 Å². The van der Waals surface area contributed by atoms with Crippen LogP contribution in [-0.4, -0.2) is 85.1 Å². The lowest BCUT2D eigenvalue weighted by atomic mass is 10.1. The second kappa shape index (κ2) is 13.7. The van der Waals surface area contributed by atoms with E-state index >= 15 is 0 Å². The number of piperazine rings is 1. The van der Waals surface area contributed by atoms with Gasteiger partial charge in [-0.15, -0.1) is 0 Å². The minimum Gasteiger partial charge on any atom is -0.495 e. The van der Waals surface area contributed by atoms with Crippen molar-refractivity contribution < 1.29 is 59.3 Å². The zero-order valence-corrected chi connectivity index (χ0v) is 22.1. The molecule has 10 nitrogen and oxygen atoms in total. The van der Waals surface area contributed by atoms with E-state index in [0.29, 0.717) is 11.3 Å². The van der Waals surface area contributed by atoms with Crippen LogP contribution in [0.2, 0.25) is 0 Å². The molecule has 0 unspecified atom stereocenters. The van der Waals surface area contributed by atoms with Gasteiger partial charge in [0, 0.05) is 44.3 Å². The summed E-state index contributed by atoms with van der Waals surface area (Å²) >= 11 is 0. The molecule has 226 valence electrons. The van der Waals surface area contributed by atoms with Crippen LogP contribution < -0.4 is 10.1 Å².